The summed E-state index contributed by atoms with van der Waals surface area (Å²) in [5.41, 5.74) is 0.923. The molecule has 0 bridgehead atoms. The van der Waals surface area contributed by atoms with Gasteiger partial charge in [0.2, 0.25) is 0 Å². The van der Waals surface area contributed by atoms with Crippen molar-refractivity contribution in [1.29, 1.82) is 0 Å². The van der Waals surface area contributed by atoms with Gasteiger partial charge in [0.25, 0.3) is 0 Å². The maximum Gasteiger partial charge on any atom is 0.407 e. The molecule has 0 saturated carbocycles. The summed E-state index contributed by atoms with van der Waals surface area (Å²) >= 11 is 0. The zero-order valence-corrected chi connectivity index (χ0v) is 13.1. The molecule has 6 nitrogen and oxygen atoms in total. The molecule has 0 spiro atoms. The van der Waals surface area contributed by atoms with Crippen molar-refractivity contribution in [2.75, 3.05) is 19.8 Å². The van der Waals surface area contributed by atoms with Crippen molar-refractivity contribution < 1.29 is 19.4 Å². The van der Waals surface area contributed by atoms with Gasteiger partial charge in [-0.05, 0) is 24.5 Å². The Morgan fingerprint density at radius 1 is 1.35 bits per heavy atom. The van der Waals surface area contributed by atoms with E-state index in [-0.39, 0.29) is 12.1 Å². The van der Waals surface area contributed by atoms with Crippen molar-refractivity contribution in [3.8, 4) is 5.75 Å². The number of amides is 1. The Morgan fingerprint density at radius 2 is 2.17 bits per heavy atom. The van der Waals surface area contributed by atoms with Gasteiger partial charge in [0.05, 0.1) is 25.5 Å². The summed E-state index contributed by atoms with van der Waals surface area (Å²) in [6.07, 6.45) is 10.2. The molecule has 2 fully saturated rings. The predicted molar refractivity (Wildman–Crippen MR) is 85.5 cm³/mol. The highest BCUT2D eigenvalue weighted by atomic mass is 16.5. The minimum absolute atomic E-state index is 0.0485. The van der Waals surface area contributed by atoms with E-state index in [2.05, 4.69) is 4.98 Å². The Morgan fingerprint density at radius 3 is 2.96 bits per heavy atom. The molecule has 0 aliphatic carbocycles. The second-order valence-corrected chi connectivity index (χ2v) is 5.93. The quantitative estimate of drug-likeness (QED) is 0.924. The van der Waals surface area contributed by atoms with Gasteiger partial charge in [0.1, 0.15) is 11.9 Å². The number of likely N-dealkylation sites (tertiary alicyclic amines) is 1. The van der Waals surface area contributed by atoms with E-state index in [4.69, 9.17) is 14.6 Å². The number of carbonyl (C=O) groups is 1. The maximum atomic E-state index is 11.1. The lowest BCUT2D eigenvalue weighted by molar-refractivity contribution is 0.0254. The first-order valence-corrected chi connectivity index (χ1v) is 8.09. The third-order valence-electron chi connectivity index (χ3n) is 4.26. The molecule has 124 valence electrons. The van der Waals surface area contributed by atoms with Crippen molar-refractivity contribution in [2.45, 2.75) is 37.8 Å². The zero-order chi connectivity index (χ0) is 16.1. The fourth-order valence-corrected chi connectivity index (χ4v) is 3.03. The van der Waals surface area contributed by atoms with Crippen LogP contribution in [-0.4, -0.2) is 53.0 Å². The van der Waals surface area contributed by atoms with E-state index in [0.29, 0.717) is 6.54 Å². The minimum atomic E-state index is -0.855. The van der Waals surface area contributed by atoms with Gasteiger partial charge < -0.3 is 19.5 Å². The summed E-state index contributed by atoms with van der Waals surface area (Å²) in [7, 11) is 0. The lowest BCUT2D eigenvalue weighted by Gasteiger charge is -2.23. The first-order chi connectivity index (χ1) is 11.2. The van der Waals surface area contributed by atoms with Crippen molar-refractivity contribution in [3.63, 3.8) is 0 Å². The fraction of sp³-hybridized carbons (Fsp3) is 0.529. The predicted octanol–water partition coefficient (Wildman–Crippen LogP) is 2.80. The summed E-state index contributed by atoms with van der Waals surface area (Å²) < 4.78 is 11.3. The summed E-state index contributed by atoms with van der Waals surface area (Å²) in [4.78, 5) is 16.8. The molecule has 3 rings (SSSR count). The number of ether oxygens (including phenoxy) is 2. The van der Waals surface area contributed by atoms with Crippen molar-refractivity contribution in [3.05, 3.63) is 30.1 Å². The summed E-state index contributed by atoms with van der Waals surface area (Å²) in [5, 5.41) is 9.16. The molecule has 1 atom stereocenters. The Hall–Kier alpha value is -2.08. The number of hydrogen-bond acceptors (Lipinski definition) is 4. The van der Waals surface area contributed by atoms with Crippen LogP contribution in [0.25, 0.3) is 6.08 Å². The summed E-state index contributed by atoms with van der Waals surface area (Å²) in [6, 6.07) is 1.89. The van der Waals surface area contributed by atoms with E-state index in [1.54, 1.807) is 12.4 Å². The SMILES string of the molecule is O=C(O)N1CCCC1/C=C/c1cncc(OC2CCOCC2)c1. The van der Waals surface area contributed by atoms with Gasteiger partial charge in [-0.3, -0.25) is 4.98 Å². The fourth-order valence-electron chi connectivity index (χ4n) is 3.03. The Bertz CT molecular complexity index is 569. The second kappa shape index (κ2) is 7.46. The van der Waals surface area contributed by atoms with Crippen LogP contribution in [0.2, 0.25) is 0 Å². The molecule has 2 aliphatic rings. The van der Waals surface area contributed by atoms with Gasteiger partial charge in [-0.25, -0.2) is 4.79 Å². The third kappa shape index (κ3) is 4.22. The first kappa shape index (κ1) is 15.8. The molecule has 6 heteroatoms. The van der Waals surface area contributed by atoms with Crippen LogP contribution >= 0.6 is 0 Å². The van der Waals surface area contributed by atoms with Crippen LogP contribution in [0.5, 0.6) is 5.75 Å². The highest BCUT2D eigenvalue weighted by Crippen LogP contribution is 2.21. The van der Waals surface area contributed by atoms with Crippen LogP contribution in [0.3, 0.4) is 0 Å². The number of pyridine rings is 1. The number of hydrogen-bond donors (Lipinski definition) is 1. The van der Waals surface area contributed by atoms with Crippen LogP contribution in [0.4, 0.5) is 4.79 Å². The average molecular weight is 318 g/mol. The molecule has 1 N–H and O–H groups in total. The molecule has 1 unspecified atom stereocenters. The highest BCUT2D eigenvalue weighted by molar-refractivity contribution is 5.66. The summed E-state index contributed by atoms with van der Waals surface area (Å²) in [5.74, 6) is 0.751. The van der Waals surface area contributed by atoms with E-state index in [0.717, 1.165) is 50.2 Å². The Kier molecular flexibility index (Phi) is 5.12. The molecule has 1 aromatic heterocycles. The molecule has 23 heavy (non-hydrogen) atoms. The molecule has 2 aliphatic heterocycles. The lowest BCUT2D eigenvalue weighted by Crippen LogP contribution is -2.32. The van der Waals surface area contributed by atoms with Crippen LogP contribution < -0.4 is 4.74 Å². The smallest absolute Gasteiger partial charge is 0.407 e. The molecule has 0 radical (unpaired) electrons. The van der Waals surface area contributed by atoms with Crippen molar-refractivity contribution in [1.82, 2.24) is 9.88 Å². The van der Waals surface area contributed by atoms with E-state index < -0.39 is 6.09 Å². The van der Waals surface area contributed by atoms with E-state index >= 15 is 0 Å². The number of aromatic nitrogens is 1. The normalized spacial score (nSPS) is 22.6. The van der Waals surface area contributed by atoms with Gasteiger partial charge in [0.15, 0.2) is 0 Å². The number of nitrogens with zero attached hydrogens (tertiary/aromatic N) is 2. The molecular formula is C17H22N2O4. The largest absolute Gasteiger partial charge is 0.489 e. The Balaban J connectivity index is 1.62. The van der Waals surface area contributed by atoms with Gasteiger partial charge in [-0.2, -0.15) is 0 Å². The van der Waals surface area contributed by atoms with E-state index in [1.807, 2.05) is 18.2 Å². The van der Waals surface area contributed by atoms with E-state index in [9.17, 15) is 4.79 Å². The molecule has 1 amide bonds. The molecule has 1 aromatic rings. The van der Waals surface area contributed by atoms with Gasteiger partial charge in [0, 0.05) is 25.6 Å². The topological polar surface area (TPSA) is 71.9 Å². The Labute approximate surface area is 135 Å². The number of rotatable bonds is 4. The molecule has 0 aromatic carbocycles. The first-order valence-electron chi connectivity index (χ1n) is 8.09. The monoisotopic (exact) mass is 318 g/mol. The maximum absolute atomic E-state index is 11.1. The van der Waals surface area contributed by atoms with Crippen molar-refractivity contribution >= 4 is 12.2 Å². The van der Waals surface area contributed by atoms with Crippen LogP contribution in [0, 0.1) is 0 Å². The van der Waals surface area contributed by atoms with Crippen LogP contribution in [0.1, 0.15) is 31.2 Å². The van der Waals surface area contributed by atoms with E-state index in [1.165, 1.54) is 4.90 Å². The zero-order valence-electron chi connectivity index (χ0n) is 13.1. The van der Waals surface area contributed by atoms with Gasteiger partial charge in [-0.1, -0.05) is 12.2 Å². The van der Waals surface area contributed by atoms with Gasteiger partial charge in [-0.15, -0.1) is 0 Å². The van der Waals surface area contributed by atoms with Crippen LogP contribution in [0.15, 0.2) is 24.5 Å². The lowest BCUT2D eigenvalue weighted by atomic mass is 10.1. The second-order valence-electron chi connectivity index (χ2n) is 5.93. The third-order valence-corrected chi connectivity index (χ3v) is 4.26. The summed E-state index contributed by atoms with van der Waals surface area (Å²) in [6.45, 7) is 2.09. The van der Waals surface area contributed by atoms with Gasteiger partial charge >= 0.3 is 6.09 Å². The highest BCUT2D eigenvalue weighted by Gasteiger charge is 2.26. The molecule has 2 saturated heterocycles. The van der Waals surface area contributed by atoms with Crippen molar-refractivity contribution in [2.24, 2.45) is 0 Å². The molecular weight excluding hydrogens is 296 g/mol. The standard InChI is InChI=1S/C17H22N2O4/c20-17(21)19-7-1-2-14(19)4-3-13-10-16(12-18-11-13)23-15-5-8-22-9-6-15/h3-4,10-12,14-15H,1-2,5-9H2,(H,20,21)/b4-3+. The van der Waals surface area contributed by atoms with Crippen LogP contribution in [-0.2, 0) is 4.74 Å². The minimum Gasteiger partial charge on any atom is -0.489 e. The average Bonchev–Trinajstić information content (AvgIpc) is 3.03. The molecule has 3 heterocycles. The number of carboxylic acid groups (broad SMARTS) is 1.